The third-order valence-corrected chi connectivity index (χ3v) is 5.88. The molecular weight excluding hydrogens is 460 g/mol. The predicted molar refractivity (Wildman–Crippen MR) is 132 cm³/mol. The van der Waals surface area contributed by atoms with Crippen LogP contribution in [0.15, 0.2) is 60.3 Å². The maximum atomic E-state index is 12.6. The first-order valence-electron chi connectivity index (χ1n) is 10.5. The first-order chi connectivity index (χ1) is 15.9. The Morgan fingerprint density at radius 2 is 2.06 bits per heavy atom. The van der Waals surface area contributed by atoms with Gasteiger partial charge in [-0.2, -0.15) is 0 Å². The van der Waals surface area contributed by atoms with Gasteiger partial charge in [0.2, 0.25) is 5.91 Å². The third-order valence-electron chi connectivity index (χ3n) is 4.60. The Bertz CT molecular complexity index is 1120. The van der Waals surface area contributed by atoms with E-state index in [1.54, 1.807) is 18.2 Å². The average Bonchev–Trinajstić information content (AvgIpc) is 3.19. The van der Waals surface area contributed by atoms with Crippen LogP contribution in [-0.2, 0) is 11.3 Å². The number of aromatic nitrogens is 3. The number of carbonyl (C=O) groups excluding carboxylic acids is 1. The summed E-state index contributed by atoms with van der Waals surface area (Å²) < 4.78 is 13.5. The molecule has 0 spiro atoms. The zero-order valence-electron chi connectivity index (χ0n) is 18.9. The number of ether oxygens (including phenoxy) is 2. The van der Waals surface area contributed by atoms with Crippen molar-refractivity contribution in [3.05, 3.63) is 71.5 Å². The molecule has 0 aliphatic heterocycles. The summed E-state index contributed by atoms with van der Waals surface area (Å²) in [5, 5.41) is 12.6. The monoisotopic (exact) mass is 486 g/mol. The van der Waals surface area contributed by atoms with Gasteiger partial charge in [-0.25, -0.2) is 0 Å². The summed E-state index contributed by atoms with van der Waals surface area (Å²) in [5.41, 5.74) is 1.68. The van der Waals surface area contributed by atoms with E-state index < -0.39 is 6.10 Å². The van der Waals surface area contributed by atoms with Crippen molar-refractivity contribution < 1.29 is 14.3 Å². The number of rotatable bonds is 11. The Morgan fingerprint density at radius 3 is 2.82 bits per heavy atom. The van der Waals surface area contributed by atoms with Crippen molar-refractivity contribution >= 4 is 35.0 Å². The fourth-order valence-electron chi connectivity index (χ4n) is 3.12. The maximum Gasteiger partial charge on any atom is 0.234 e. The number of aryl methyl sites for hydroxylation is 1. The first-order valence-corrected chi connectivity index (χ1v) is 11.9. The van der Waals surface area contributed by atoms with Gasteiger partial charge in [0.05, 0.1) is 23.1 Å². The fourth-order valence-corrected chi connectivity index (χ4v) is 4.04. The van der Waals surface area contributed by atoms with Gasteiger partial charge in [0, 0.05) is 6.54 Å². The van der Waals surface area contributed by atoms with Crippen LogP contribution < -0.4 is 14.8 Å². The molecule has 1 N–H and O–H groups in total. The Labute approximate surface area is 203 Å². The molecule has 0 saturated heterocycles. The number of allylic oxidation sites excluding steroid dienone is 1. The summed E-state index contributed by atoms with van der Waals surface area (Å²) in [6, 6.07) is 12.9. The molecule has 3 aromatic rings. The highest BCUT2D eigenvalue weighted by Gasteiger charge is 2.21. The molecule has 0 saturated carbocycles. The van der Waals surface area contributed by atoms with E-state index in [0.717, 1.165) is 5.56 Å². The van der Waals surface area contributed by atoms with Crippen LogP contribution in [0.3, 0.4) is 0 Å². The minimum atomic E-state index is -0.405. The second-order valence-electron chi connectivity index (χ2n) is 7.20. The number of thioether (sulfide) groups is 1. The summed E-state index contributed by atoms with van der Waals surface area (Å²) in [7, 11) is 0. The normalized spacial score (nSPS) is 11.6. The number of anilines is 1. The Balaban J connectivity index is 1.69. The molecular formula is C24H27ClN4O3S. The summed E-state index contributed by atoms with van der Waals surface area (Å²) in [4.78, 5) is 12.6. The molecule has 7 nitrogen and oxygen atoms in total. The van der Waals surface area contributed by atoms with Crippen molar-refractivity contribution in [3.8, 4) is 11.5 Å². The zero-order valence-corrected chi connectivity index (χ0v) is 20.4. The van der Waals surface area contributed by atoms with Crippen LogP contribution in [0.1, 0.15) is 31.3 Å². The minimum absolute atomic E-state index is 0.161. The summed E-state index contributed by atoms with van der Waals surface area (Å²) in [6.07, 6.45) is 1.35. The zero-order chi connectivity index (χ0) is 23.8. The number of benzene rings is 2. The van der Waals surface area contributed by atoms with E-state index in [0.29, 0.717) is 46.3 Å². The highest BCUT2D eigenvalue weighted by atomic mass is 35.5. The molecule has 2 aromatic carbocycles. The van der Waals surface area contributed by atoms with E-state index in [9.17, 15) is 4.79 Å². The lowest BCUT2D eigenvalue weighted by Crippen LogP contribution is -2.16. The Hall–Kier alpha value is -2.97. The van der Waals surface area contributed by atoms with Crippen LogP contribution in [-0.4, -0.2) is 33.0 Å². The van der Waals surface area contributed by atoms with E-state index in [2.05, 4.69) is 22.1 Å². The Kier molecular flexibility index (Phi) is 8.79. The highest BCUT2D eigenvalue weighted by Crippen LogP contribution is 2.31. The smallest absolute Gasteiger partial charge is 0.234 e. The van der Waals surface area contributed by atoms with Crippen LogP contribution in [0.25, 0.3) is 0 Å². The summed E-state index contributed by atoms with van der Waals surface area (Å²) >= 11 is 7.57. The van der Waals surface area contributed by atoms with Crippen LogP contribution in [0, 0.1) is 6.92 Å². The number of carbonyl (C=O) groups is 1. The molecule has 0 aliphatic rings. The lowest BCUT2D eigenvalue weighted by molar-refractivity contribution is -0.113. The maximum absolute atomic E-state index is 12.6. The first kappa shape index (κ1) is 24.7. The van der Waals surface area contributed by atoms with Gasteiger partial charge in [-0.05, 0) is 50.6 Å². The topological polar surface area (TPSA) is 78.3 Å². The van der Waals surface area contributed by atoms with Crippen molar-refractivity contribution in [1.82, 2.24) is 14.8 Å². The largest absolute Gasteiger partial charge is 0.492 e. The van der Waals surface area contributed by atoms with Crippen molar-refractivity contribution in [2.45, 2.75) is 38.6 Å². The molecule has 9 heteroatoms. The van der Waals surface area contributed by atoms with Crippen molar-refractivity contribution in [3.63, 3.8) is 0 Å². The van der Waals surface area contributed by atoms with Crippen LogP contribution in [0.2, 0.25) is 5.02 Å². The summed E-state index contributed by atoms with van der Waals surface area (Å²) in [5.74, 6) is 1.83. The van der Waals surface area contributed by atoms with E-state index >= 15 is 0 Å². The van der Waals surface area contributed by atoms with Gasteiger partial charge >= 0.3 is 0 Å². The predicted octanol–water partition coefficient (Wildman–Crippen LogP) is 5.70. The molecule has 0 bridgehead atoms. The standard InChI is InChI=1S/C24H27ClN4O3S/c1-5-13-29-23(17(4)32-21-14-16(3)11-12-18(21)25)27-28-24(29)33-15-22(30)26-19-9-7-8-10-20(19)31-6-2/h5,7-12,14,17H,1,6,13,15H2,2-4H3,(H,26,30). The molecule has 1 aromatic heterocycles. The minimum Gasteiger partial charge on any atom is -0.492 e. The van der Waals surface area contributed by atoms with E-state index in [1.807, 2.05) is 55.7 Å². The van der Waals surface area contributed by atoms with Crippen molar-refractivity contribution in [2.75, 3.05) is 17.7 Å². The molecule has 33 heavy (non-hydrogen) atoms. The van der Waals surface area contributed by atoms with Gasteiger partial charge in [-0.1, -0.05) is 47.6 Å². The average molecular weight is 487 g/mol. The molecule has 1 amide bonds. The van der Waals surface area contributed by atoms with Crippen molar-refractivity contribution in [2.24, 2.45) is 0 Å². The molecule has 0 radical (unpaired) electrons. The van der Waals surface area contributed by atoms with E-state index in [-0.39, 0.29) is 11.7 Å². The SMILES string of the molecule is C=CCn1c(SCC(=O)Nc2ccccc2OCC)nnc1C(C)Oc1cc(C)ccc1Cl. The molecule has 3 rings (SSSR count). The van der Waals surface area contributed by atoms with Gasteiger partial charge < -0.3 is 14.8 Å². The summed E-state index contributed by atoms with van der Waals surface area (Å²) in [6.45, 7) is 10.6. The third kappa shape index (κ3) is 6.52. The van der Waals surface area contributed by atoms with Gasteiger partial charge in [-0.3, -0.25) is 9.36 Å². The van der Waals surface area contributed by atoms with Crippen LogP contribution >= 0.6 is 23.4 Å². The van der Waals surface area contributed by atoms with E-state index in [1.165, 1.54) is 11.8 Å². The van der Waals surface area contributed by atoms with Gasteiger partial charge in [-0.15, -0.1) is 16.8 Å². The number of halogens is 1. The van der Waals surface area contributed by atoms with Crippen molar-refractivity contribution in [1.29, 1.82) is 0 Å². The Morgan fingerprint density at radius 1 is 1.27 bits per heavy atom. The molecule has 1 atom stereocenters. The van der Waals surface area contributed by atoms with Gasteiger partial charge in [0.25, 0.3) is 0 Å². The number of hydrogen-bond donors (Lipinski definition) is 1. The number of para-hydroxylation sites is 2. The molecule has 1 heterocycles. The van der Waals surface area contributed by atoms with E-state index in [4.69, 9.17) is 21.1 Å². The lowest BCUT2D eigenvalue weighted by atomic mass is 10.2. The molecule has 174 valence electrons. The number of amides is 1. The quantitative estimate of drug-likeness (QED) is 0.277. The number of nitrogens with one attached hydrogen (secondary N) is 1. The molecule has 0 fully saturated rings. The molecule has 1 unspecified atom stereocenters. The van der Waals surface area contributed by atoms with Gasteiger partial charge in [0.15, 0.2) is 17.1 Å². The number of nitrogens with zero attached hydrogens (tertiary/aromatic N) is 3. The van der Waals surface area contributed by atoms with Gasteiger partial charge in [0.1, 0.15) is 11.5 Å². The van der Waals surface area contributed by atoms with Crippen LogP contribution in [0.5, 0.6) is 11.5 Å². The van der Waals surface area contributed by atoms with Crippen LogP contribution in [0.4, 0.5) is 5.69 Å². The second kappa shape index (κ2) is 11.8. The fraction of sp³-hybridized carbons (Fsp3) is 0.292. The molecule has 0 aliphatic carbocycles. The second-order valence-corrected chi connectivity index (χ2v) is 8.55. The lowest BCUT2D eigenvalue weighted by Gasteiger charge is -2.17. The highest BCUT2D eigenvalue weighted by molar-refractivity contribution is 7.99. The number of hydrogen-bond acceptors (Lipinski definition) is 6.